The van der Waals surface area contributed by atoms with Crippen LogP contribution in [0.5, 0.6) is 0 Å². The fourth-order valence-electron chi connectivity index (χ4n) is 1.67. The van der Waals surface area contributed by atoms with Crippen LogP contribution in [0.15, 0.2) is 0 Å². The highest BCUT2D eigenvalue weighted by atomic mass is 16.3. The zero-order valence-corrected chi connectivity index (χ0v) is 11.2. The van der Waals surface area contributed by atoms with Gasteiger partial charge in [-0.25, -0.2) is 4.68 Å². The number of hydrogen-bond donors (Lipinski definition) is 3. The van der Waals surface area contributed by atoms with Gasteiger partial charge in [0.05, 0.1) is 17.5 Å². The summed E-state index contributed by atoms with van der Waals surface area (Å²) in [5, 5.41) is 17.2. The van der Waals surface area contributed by atoms with E-state index in [0.29, 0.717) is 12.2 Å². The summed E-state index contributed by atoms with van der Waals surface area (Å²) in [5.41, 5.74) is 7.53. The number of rotatable bonds is 6. The molecule has 0 amide bonds. The van der Waals surface area contributed by atoms with Crippen LogP contribution < -0.4 is 11.1 Å². The lowest BCUT2D eigenvalue weighted by molar-refractivity contribution is 0.164. The number of aryl methyl sites for hydroxylation is 1. The predicted molar refractivity (Wildman–Crippen MR) is 71.2 cm³/mol. The van der Waals surface area contributed by atoms with Gasteiger partial charge in [-0.1, -0.05) is 6.92 Å². The van der Waals surface area contributed by atoms with Gasteiger partial charge in [0.25, 0.3) is 0 Å². The quantitative estimate of drug-likeness (QED) is 0.710. The Labute approximate surface area is 103 Å². The second kappa shape index (κ2) is 5.91. The second-order valence-electron chi connectivity index (χ2n) is 4.66. The number of hydrogen-bond acceptors (Lipinski definition) is 4. The van der Waals surface area contributed by atoms with Crippen LogP contribution >= 0.6 is 0 Å². The van der Waals surface area contributed by atoms with Gasteiger partial charge in [0.2, 0.25) is 0 Å². The molecule has 1 heterocycles. The zero-order chi connectivity index (χ0) is 13.0. The molecule has 1 aromatic heterocycles. The van der Waals surface area contributed by atoms with Crippen molar-refractivity contribution >= 4 is 11.5 Å². The highest BCUT2D eigenvalue weighted by Crippen LogP contribution is 2.25. The molecular weight excluding hydrogens is 216 g/mol. The first kappa shape index (κ1) is 13.8. The Morgan fingerprint density at radius 3 is 2.65 bits per heavy atom. The fourth-order valence-corrected chi connectivity index (χ4v) is 1.67. The Morgan fingerprint density at radius 2 is 2.12 bits per heavy atom. The molecule has 1 rings (SSSR count). The number of aliphatic hydroxyl groups is 1. The van der Waals surface area contributed by atoms with Crippen LogP contribution in [0, 0.1) is 6.92 Å². The SMILES string of the molecule is CCC(O)CCNc1c(N)c(C)nn1C(C)C. The normalized spacial score (nSPS) is 13.1. The zero-order valence-electron chi connectivity index (χ0n) is 11.2. The van der Waals surface area contributed by atoms with Crippen LogP contribution in [0.4, 0.5) is 11.5 Å². The summed E-state index contributed by atoms with van der Waals surface area (Å²) in [7, 11) is 0. The molecule has 0 bridgehead atoms. The summed E-state index contributed by atoms with van der Waals surface area (Å²) in [4.78, 5) is 0. The van der Waals surface area contributed by atoms with Gasteiger partial charge in [0, 0.05) is 12.6 Å². The minimum Gasteiger partial charge on any atom is -0.394 e. The Kier molecular flexibility index (Phi) is 4.81. The molecule has 0 fully saturated rings. The molecule has 0 spiro atoms. The number of aliphatic hydroxyl groups excluding tert-OH is 1. The molecule has 4 N–H and O–H groups in total. The third-order valence-corrected chi connectivity index (χ3v) is 2.86. The Balaban J connectivity index is 2.69. The van der Waals surface area contributed by atoms with Gasteiger partial charge in [0.15, 0.2) is 0 Å². The van der Waals surface area contributed by atoms with E-state index in [0.717, 1.165) is 24.4 Å². The third-order valence-electron chi connectivity index (χ3n) is 2.86. The number of aromatic nitrogens is 2. The smallest absolute Gasteiger partial charge is 0.148 e. The molecule has 0 aromatic carbocycles. The minimum absolute atomic E-state index is 0.250. The van der Waals surface area contributed by atoms with E-state index in [4.69, 9.17) is 5.73 Å². The third kappa shape index (κ3) is 3.36. The topological polar surface area (TPSA) is 76.1 Å². The molecule has 5 nitrogen and oxygen atoms in total. The minimum atomic E-state index is -0.250. The molecule has 0 aliphatic rings. The Hall–Kier alpha value is -1.23. The summed E-state index contributed by atoms with van der Waals surface area (Å²) >= 11 is 0. The molecule has 98 valence electrons. The molecule has 0 saturated carbocycles. The lowest BCUT2D eigenvalue weighted by Crippen LogP contribution is -2.16. The Bertz CT molecular complexity index is 360. The lowest BCUT2D eigenvalue weighted by Gasteiger charge is -2.14. The summed E-state index contributed by atoms with van der Waals surface area (Å²) in [6.45, 7) is 8.72. The molecule has 0 aliphatic heterocycles. The molecule has 1 unspecified atom stereocenters. The van der Waals surface area contributed by atoms with E-state index in [9.17, 15) is 5.11 Å². The van der Waals surface area contributed by atoms with Crippen molar-refractivity contribution in [3.63, 3.8) is 0 Å². The number of nitrogens with one attached hydrogen (secondary N) is 1. The van der Waals surface area contributed by atoms with Crippen LogP contribution in [0.25, 0.3) is 0 Å². The maximum atomic E-state index is 9.50. The first-order valence-electron chi connectivity index (χ1n) is 6.23. The predicted octanol–water partition coefficient (Wildman–Crippen LogP) is 1.93. The standard InChI is InChI=1S/C12H24N4O/c1-5-10(17)6-7-14-12-11(13)9(4)15-16(12)8(2)3/h8,10,14,17H,5-7,13H2,1-4H3. The largest absolute Gasteiger partial charge is 0.394 e. The van der Waals surface area contributed by atoms with Gasteiger partial charge in [-0.3, -0.25) is 0 Å². The highest BCUT2D eigenvalue weighted by Gasteiger charge is 2.14. The highest BCUT2D eigenvalue weighted by molar-refractivity contribution is 5.64. The van der Waals surface area contributed by atoms with Crippen LogP contribution in [0.3, 0.4) is 0 Å². The van der Waals surface area contributed by atoms with Gasteiger partial charge in [-0.05, 0) is 33.6 Å². The van der Waals surface area contributed by atoms with E-state index in [-0.39, 0.29) is 12.1 Å². The van der Waals surface area contributed by atoms with Gasteiger partial charge >= 0.3 is 0 Å². The molecule has 0 saturated heterocycles. The van der Waals surface area contributed by atoms with E-state index in [1.54, 1.807) is 0 Å². The van der Waals surface area contributed by atoms with E-state index in [1.807, 2.05) is 18.5 Å². The van der Waals surface area contributed by atoms with Crippen LogP contribution in [-0.2, 0) is 0 Å². The molecular formula is C12H24N4O. The van der Waals surface area contributed by atoms with Crippen LogP contribution in [-0.4, -0.2) is 27.5 Å². The average Bonchev–Trinajstić information content (AvgIpc) is 2.57. The van der Waals surface area contributed by atoms with Crippen molar-refractivity contribution < 1.29 is 5.11 Å². The maximum Gasteiger partial charge on any atom is 0.148 e. The monoisotopic (exact) mass is 240 g/mol. The first-order valence-corrected chi connectivity index (χ1v) is 6.23. The summed E-state index contributed by atoms with van der Waals surface area (Å²) in [5.74, 6) is 0.862. The molecule has 0 aliphatic carbocycles. The molecule has 1 atom stereocenters. The number of nitrogens with zero attached hydrogens (tertiary/aromatic N) is 2. The molecule has 0 radical (unpaired) electrons. The molecule has 5 heteroatoms. The molecule has 17 heavy (non-hydrogen) atoms. The lowest BCUT2D eigenvalue weighted by atomic mass is 10.2. The molecule has 1 aromatic rings. The summed E-state index contributed by atoms with van der Waals surface area (Å²) < 4.78 is 1.89. The van der Waals surface area contributed by atoms with E-state index < -0.39 is 0 Å². The van der Waals surface area contributed by atoms with E-state index in [1.165, 1.54) is 0 Å². The van der Waals surface area contributed by atoms with Crippen molar-refractivity contribution in [2.75, 3.05) is 17.6 Å². The Morgan fingerprint density at radius 1 is 1.47 bits per heavy atom. The van der Waals surface area contributed by atoms with E-state index >= 15 is 0 Å². The van der Waals surface area contributed by atoms with Gasteiger partial charge in [0.1, 0.15) is 5.82 Å². The van der Waals surface area contributed by atoms with Crippen molar-refractivity contribution in [1.82, 2.24) is 9.78 Å². The van der Waals surface area contributed by atoms with Crippen molar-refractivity contribution in [2.24, 2.45) is 0 Å². The van der Waals surface area contributed by atoms with Gasteiger partial charge < -0.3 is 16.2 Å². The number of nitrogen functional groups attached to an aromatic ring is 1. The van der Waals surface area contributed by atoms with Crippen molar-refractivity contribution in [1.29, 1.82) is 0 Å². The van der Waals surface area contributed by atoms with Crippen molar-refractivity contribution in [2.45, 2.75) is 52.7 Å². The number of nitrogens with two attached hydrogens (primary N) is 1. The maximum absolute atomic E-state index is 9.50. The van der Waals surface area contributed by atoms with Gasteiger partial charge in [-0.15, -0.1) is 0 Å². The van der Waals surface area contributed by atoms with Crippen LogP contribution in [0.1, 0.15) is 45.3 Å². The first-order chi connectivity index (χ1) is 7.97. The van der Waals surface area contributed by atoms with Crippen LogP contribution in [0.2, 0.25) is 0 Å². The average molecular weight is 240 g/mol. The summed E-state index contributed by atoms with van der Waals surface area (Å²) in [6, 6.07) is 0.268. The second-order valence-corrected chi connectivity index (χ2v) is 4.66. The fraction of sp³-hybridized carbons (Fsp3) is 0.750. The van der Waals surface area contributed by atoms with Gasteiger partial charge in [-0.2, -0.15) is 5.10 Å². The number of anilines is 2. The van der Waals surface area contributed by atoms with Crippen molar-refractivity contribution in [3.05, 3.63) is 5.69 Å². The van der Waals surface area contributed by atoms with E-state index in [2.05, 4.69) is 24.3 Å². The summed E-state index contributed by atoms with van der Waals surface area (Å²) in [6.07, 6.45) is 1.25. The van der Waals surface area contributed by atoms with Crippen molar-refractivity contribution in [3.8, 4) is 0 Å².